The lowest BCUT2D eigenvalue weighted by Gasteiger charge is -2.20. The molecule has 0 saturated carbocycles. The molecule has 2 N–H and O–H groups in total. The molecule has 6 nitrogen and oxygen atoms in total. The number of alkyl halides is 3. The second kappa shape index (κ2) is 11.0. The molecule has 0 aliphatic heterocycles. The Hall–Kier alpha value is -4.57. The predicted octanol–water partition coefficient (Wildman–Crippen LogP) is 6.88. The highest BCUT2D eigenvalue weighted by atomic mass is 32.2. The van der Waals surface area contributed by atoms with Gasteiger partial charge in [-0.1, -0.05) is 66.4 Å². The number of carbonyl (C=O) groups is 1. The van der Waals surface area contributed by atoms with E-state index in [1.54, 1.807) is 84.9 Å². The number of para-hydroxylation sites is 3. The molecule has 0 fully saturated rings. The van der Waals surface area contributed by atoms with Gasteiger partial charge in [0.1, 0.15) is 5.82 Å². The molecular formula is C29H21F3N4O2S. The monoisotopic (exact) mass is 546 g/mol. The Kier molecular flexibility index (Phi) is 7.38. The zero-order chi connectivity index (χ0) is 27.4. The van der Waals surface area contributed by atoms with E-state index in [1.165, 1.54) is 4.57 Å². The van der Waals surface area contributed by atoms with Crippen LogP contribution < -0.4 is 16.1 Å². The van der Waals surface area contributed by atoms with Gasteiger partial charge < -0.3 is 10.6 Å². The number of thioether (sulfide) groups is 1. The SMILES string of the molecule is O=C(CSc1cc(C(F)(F)F)c2c(=O)cc(Nc3ccccc3)n(-c3ccccc3)c2n1)Nc1ccccc1. The van der Waals surface area contributed by atoms with Gasteiger partial charge in [-0.05, 0) is 42.5 Å². The van der Waals surface area contributed by atoms with Crippen LogP contribution in [0.2, 0.25) is 0 Å². The molecule has 2 heterocycles. The first-order chi connectivity index (χ1) is 18.8. The number of carbonyl (C=O) groups excluding carboxylic acids is 1. The fourth-order valence-electron chi connectivity index (χ4n) is 4.04. The molecule has 0 atom stereocenters. The van der Waals surface area contributed by atoms with Crippen LogP contribution in [0.25, 0.3) is 16.7 Å². The van der Waals surface area contributed by atoms with Gasteiger partial charge in [-0.3, -0.25) is 14.2 Å². The van der Waals surface area contributed by atoms with Crippen molar-refractivity contribution in [2.24, 2.45) is 0 Å². The number of aromatic nitrogens is 2. The Morgan fingerprint density at radius 1 is 0.846 bits per heavy atom. The molecule has 0 unspecified atom stereocenters. The van der Waals surface area contributed by atoms with Gasteiger partial charge in [-0.25, -0.2) is 4.98 Å². The predicted molar refractivity (Wildman–Crippen MR) is 148 cm³/mol. The molecule has 3 aromatic carbocycles. The maximum absolute atomic E-state index is 14.3. The van der Waals surface area contributed by atoms with E-state index in [2.05, 4.69) is 15.6 Å². The smallest absolute Gasteiger partial charge is 0.341 e. The fraction of sp³-hybridized carbons (Fsp3) is 0.0690. The number of rotatable bonds is 7. The highest BCUT2D eigenvalue weighted by Gasteiger charge is 2.35. The first-order valence-electron chi connectivity index (χ1n) is 11.8. The molecule has 0 spiro atoms. The lowest BCUT2D eigenvalue weighted by molar-refractivity contribution is -0.136. The summed E-state index contributed by atoms with van der Waals surface area (Å²) in [5.74, 6) is -0.335. The lowest BCUT2D eigenvalue weighted by Crippen LogP contribution is -2.19. The van der Waals surface area contributed by atoms with E-state index >= 15 is 0 Å². The van der Waals surface area contributed by atoms with E-state index in [0.717, 1.165) is 23.9 Å². The van der Waals surface area contributed by atoms with Crippen molar-refractivity contribution in [1.82, 2.24) is 9.55 Å². The number of benzene rings is 3. The number of amides is 1. The summed E-state index contributed by atoms with van der Waals surface area (Å²) in [5, 5.41) is 5.24. The van der Waals surface area contributed by atoms with Gasteiger partial charge in [0.25, 0.3) is 0 Å². The summed E-state index contributed by atoms with van der Waals surface area (Å²) in [7, 11) is 0. The van der Waals surface area contributed by atoms with Gasteiger partial charge in [-0.15, -0.1) is 0 Å². The third-order valence-electron chi connectivity index (χ3n) is 5.72. The Morgan fingerprint density at radius 2 is 1.44 bits per heavy atom. The highest BCUT2D eigenvalue weighted by Crippen LogP contribution is 2.37. The number of nitrogens with zero attached hydrogens (tertiary/aromatic N) is 2. The Labute approximate surface area is 225 Å². The molecule has 0 aliphatic rings. The van der Waals surface area contributed by atoms with Crippen molar-refractivity contribution >= 4 is 45.9 Å². The molecule has 0 bridgehead atoms. The van der Waals surface area contributed by atoms with Crippen LogP contribution >= 0.6 is 11.8 Å². The van der Waals surface area contributed by atoms with Crippen molar-refractivity contribution in [3.05, 3.63) is 119 Å². The first kappa shape index (κ1) is 26.1. The van der Waals surface area contributed by atoms with E-state index in [0.29, 0.717) is 17.1 Å². The minimum Gasteiger partial charge on any atom is -0.341 e. The zero-order valence-electron chi connectivity index (χ0n) is 20.3. The van der Waals surface area contributed by atoms with Crippen molar-refractivity contribution in [2.45, 2.75) is 11.2 Å². The average molecular weight is 547 g/mol. The molecule has 1 amide bonds. The zero-order valence-corrected chi connectivity index (χ0v) is 21.1. The van der Waals surface area contributed by atoms with Crippen LogP contribution in [0.15, 0.2) is 113 Å². The van der Waals surface area contributed by atoms with E-state index in [4.69, 9.17) is 0 Å². The molecular weight excluding hydrogens is 525 g/mol. The summed E-state index contributed by atoms with van der Waals surface area (Å²) in [6.45, 7) is 0. The minimum atomic E-state index is -4.83. The Morgan fingerprint density at radius 3 is 2.05 bits per heavy atom. The fourth-order valence-corrected chi connectivity index (χ4v) is 4.75. The summed E-state index contributed by atoms with van der Waals surface area (Å²) in [4.78, 5) is 30.1. The molecule has 5 rings (SSSR count). The van der Waals surface area contributed by atoms with Gasteiger partial charge in [0, 0.05) is 23.1 Å². The van der Waals surface area contributed by atoms with Crippen LogP contribution in [0.4, 0.5) is 30.4 Å². The summed E-state index contributed by atoms with van der Waals surface area (Å²) in [5.41, 5.74) is -0.396. The second-order valence-electron chi connectivity index (χ2n) is 8.46. The van der Waals surface area contributed by atoms with Crippen LogP contribution in [0, 0.1) is 0 Å². The van der Waals surface area contributed by atoms with Gasteiger partial charge >= 0.3 is 6.18 Å². The normalized spacial score (nSPS) is 11.4. The van der Waals surface area contributed by atoms with Crippen molar-refractivity contribution < 1.29 is 18.0 Å². The molecule has 0 radical (unpaired) electrons. The first-order valence-corrected chi connectivity index (χ1v) is 12.8. The third-order valence-corrected chi connectivity index (χ3v) is 6.63. The molecule has 39 heavy (non-hydrogen) atoms. The summed E-state index contributed by atoms with van der Waals surface area (Å²) < 4.78 is 44.3. The van der Waals surface area contributed by atoms with E-state index < -0.39 is 28.5 Å². The number of nitrogens with one attached hydrogen (secondary N) is 2. The molecule has 10 heteroatoms. The molecule has 2 aromatic heterocycles. The van der Waals surface area contributed by atoms with E-state index in [1.807, 2.05) is 6.07 Å². The largest absolute Gasteiger partial charge is 0.417 e. The number of anilines is 3. The van der Waals surface area contributed by atoms with Crippen molar-refractivity contribution in [2.75, 3.05) is 16.4 Å². The van der Waals surface area contributed by atoms with Crippen LogP contribution in [0.3, 0.4) is 0 Å². The molecule has 0 saturated heterocycles. The Balaban J connectivity index is 1.64. The number of fused-ring (bicyclic) bond motifs is 1. The number of pyridine rings is 2. The van der Waals surface area contributed by atoms with Crippen LogP contribution in [0.1, 0.15) is 5.56 Å². The minimum absolute atomic E-state index is 0.0426. The van der Waals surface area contributed by atoms with Crippen LogP contribution in [0.5, 0.6) is 0 Å². The topological polar surface area (TPSA) is 76.0 Å². The van der Waals surface area contributed by atoms with Crippen molar-refractivity contribution in [1.29, 1.82) is 0 Å². The number of hydrogen-bond acceptors (Lipinski definition) is 5. The van der Waals surface area contributed by atoms with Crippen LogP contribution in [-0.4, -0.2) is 21.2 Å². The summed E-state index contributed by atoms with van der Waals surface area (Å²) in [6.07, 6.45) is -4.83. The Bertz CT molecular complexity index is 1680. The molecule has 0 aliphatic carbocycles. The summed E-state index contributed by atoms with van der Waals surface area (Å²) in [6, 6.07) is 28.3. The standard InChI is InChI=1S/C29H21F3N4O2S/c30-29(31,32)22-16-26(39-18-25(38)34-20-12-6-2-7-13-20)35-28-27(22)23(37)17-24(33-19-10-4-1-5-11-19)36(28)21-14-8-3-9-15-21/h1-17,33H,18H2,(H,34,38). The summed E-state index contributed by atoms with van der Waals surface area (Å²) >= 11 is 0.854. The van der Waals surface area contributed by atoms with Crippen molar-refractivity contribution in [3.63, 3.8) is 0 Å². The average Bonchev–Trinajstić information content (AvgIpc) is 2.93. The van der Waals surface area contributed by atoms with Crippen LogP contribution in [-0.2, 0) is 11.0 Å². The molecule has 5 aromatic rings. The lowest BCUT2D eigenvalue weighted by atomic mass is 10.1. The van der Waals surface area contributed by atoms with Gasteiger partial charge in [0.05, 0.1) is 21.7 Å². The van der Waals surface area contributed by atoms with Crippen molar-refractivity contribution in [3.8, 4) is 5.69 Å². The maximum Gasteiger partial charge on any atom is 0.417 e. The maximum atomic E-state index is 14.3. The quantitative estimate of drug-likeness (QED) is 0.218. The number of hydrogen-bond donors (Lipinski definition) is 2. The van der Waals surface area contributed by atoms with Gasteiger partial charge in [0.15, 0.2) is 11.1 Å². The van der Waals surface area contributed by atoms with Gasteiger partial charge in [-0.2, -0.15) is 13.2 Å². The van der Waals surface area contributed by atoms with Gasteiger partial charge in [0.2, 0.25) is 5.91 Å². The third kappa shape index (κ3) is 5.96. The van der Waals surface area contributed by atoms with E-state index in [-0.39, 0.29) is 22.2 Å². The number of halogens is 3. The molecule has 196 valence electrons. The van der Waals surface area contributed by atoms with E-state index in [9.17, 15) is 22.8 Å². The second-order valence-corrected chi connectivity index (χ2v) is 9.46. The highest BCUT2D eigenvalue weighted by molar-refractivity contribution is 7.99.